The summed E-state index contributed by atoms with van der Waals surface area (Å²) in [5, 5.41) is 6.78. The van der Waals surface area contributed by atoms with Crippen molar-refractivity contribution in [3.05, 3.63) is 47.8 Å². The molecule has 1 unspecified atom stereocenters. The molecule has 0 aliphatic heterocycles. The second kappa shape index (κ2) is 7.07. The first-order valence-corrected chi connectivity index (χ1v) is 7.45. The van der Waals surface area contributed by atoms with Gasteiger partial charge in [-0.3, -0.25) is 0 Å². The van der Waals surface area contributed by atoms with Gasteiger partial charge in [0.1, 0.15) is 17.5 Å². The molecule has 2 aromatic rings. The highest BCUT2D eigenvalue weighted by atomic mass is 15.1. The van der Waals surface area contributed by atoms with E-state index in [1.165, 1.54) is 5.56 Å². The van der Waals surface area contributed by atoms with Gasteiger partial charge in [-0.2, -0.15) is 0 Å². The molecule has 0 amide bonds. The van der Waals surface area contributed by atoms with Gasteiger partial charge in [0.05, 0.1) is 0 Å². The molecule has 21 heavy (non-hydrogen) atoms. The van der Waals surface area contributed by atoms with Crippen LogP contribution in [0, 0.1) is 12.8 Å². The molecular weight excluding hydrogens is 260 g/mol. The van der Waals surface area contributed by atoms with Crippen LogP contribution in [0.15, 0.2) is 36.4 Å². The van der Waals surface area contributed by atoms with Gasteiger partial charge in [0, 0.05) is 18.7 Å². The van der Waals surface area contributed by atoms with Crippen LogP contribution in [0.2, 0.25) is 0 Å². The Balaban J connectivity index is 2.09. The zero-order valence-corrected chi connectivity index (χ0v) is 13.2. The minimum Gasteiger partial charge on any atom is -0.370 e. The van der Waals surface area contributed by atoms with Crippen LogP contribution in [0.4, 0.5) is 11.6 Å². The molecule has 4 nitrogen and oxygen atoms in total. The number of hydrogen-bond donors (Lipinski definition) is 2. The molecule has 2 rings (SSSR count). The summed E-state index contributed by atoms with van der Waals surface area (Å²) in [6.07, 6.45) is 0. The highest BCUT2D eigenvalue weighted by molar-refractivity contribution is 5.48. The lowest BCUT2D eigenvalue weighted by Gasteiger charge is -2.16. The molecule has 1 aromatic carbocycles. The first kappa shape index (κ1) is 15.3. The van der Waals surface area contributed by atoms with E-state index in [-0.39, 0.29) is 6.04 Å². The molecule has 0 spiro atoms. The molecule has 4 heteroatoms. The van der Waals surface area contributed by atoms with Crippen molar-refractivity contribution >= 4 is 11.6 Å². The smallest absolute Gasteiger partial charge is 0.132 e. The first-order valence-electron chi connectivity index (χ1n) is 7.45. The maximum atomic E-state index is 4.46. The van der Waals surface area contributed by atoms with Crippen LogP contribution < -0.4 is 10.6 Å². The van der Waals surface area contributed by atoms with Crippen molar-refractivity contribution in [2.24, 2.45) is 5.92 Å². The summed E-state index contributed by atoms with van der Waals surface area (Å²) in [6.45, 7) is 9.31. The van der Waals surface area contributed by atoms with Gasteiger partial charge in [-0.25, -0.2) is 9.97 Å². The highest BCUT2D eigenvalue weighted by Crippen LogP contribution is 2.19. The molecule has 0 saturated carbocycles. The maximum Gasteiger partial charge on any atom is 0.132 e. The Morgan fingerprint density at radius 3 is 2.33 bits per heavy atom. The first-order chi connectivity index (χ1) is 10.0. The summed E-state index contributed by atoms with van der Waals surface area (Å²) in [5.74, 6) is 3.08. The van der Waals surface area contributed by atoms with Crippen LogP contribution in [-0.2, 0) is 0 Å². The van der Waals surface area contributed by atoms with E-state index in [1.54, 1.807) is 0 Å². The van der Waals surface area contributed by atoms with Crippen molar-refractivity contribution in [2.45, 2.75) is 33.7 Å². The summed E-state index contributed by atoms with van der Waals surface area (Å²) < 4.78 is 0. The van der Waals surface area contributed by atoms with Gasteiger partial charge in [-0.1, -0.05) is 44.2 Å². The molecule has 0 bridgehead atoms. The van der Waals surface area contributed by atoms with Crippen molar-refractivity contribution < 1.29 is 0 Å². The third-order valence-electron chi connectivity index (χ3n) is 3.19. The molecule has 1 heterocycles. The third-order valence-corrected chi connectivity index (χ3v) is 3.19. The Hall–Kier alpha value is -2.10. The van der Waals surface area contributed by atoms with E-state index < -0.39 is 0 Å². The maximum absolute atomic E-state index is 4.46. The summed E-state index contributed by atoms with van der Waals surface area (Å²) in [7, 11) is 0. The van der Waals surface area contributed by atoms with E-state index in [9.17, 15) is 0 Å². The lowest BCUT2D eigenvalue weighted by Crippen LogP contribution is -2.12. The van der Waals surface area contributed by atoms with E-state index in [1.807, 2.05) is 31.2 Å². The Kier molecular flexibility index (Phi) is 5.14. The number of aromatic nitrogens is 2. The van der Waals surface area contributed by atoms with Crippen molar-refractivity contribution in [3.8, 4) is 0 Å². The van der Waals surface area contributed by atoms with E-state index in [0.717, 1.165) is 24.0 Å². The SMILES string of the molecule is Cc1nc(NCC(C)C)cc(NC(C)c2ccccc2)n1. The topological polar surface area (TPSA) is 49.8 Å². The standard InChI is InChI=1S/C17H24N4/c1-12(2)11-18-16-10-17(21-14(4)20-16)19-13(3)15-8-6-5-7-9-15/h5-10,12-13H,11H2,1-4H3,(H2,18,19,20,21). The average molecular weight is 284 g/mol. The van der Waals surface area contributed by atoms with E-state index in [2.05, 4.69) is 53.5 Å². The normalized spacial score (nSPS) is 12.2. The molecule has 0 aliphatic carbocycles. The molecular formula is C17H24N4. The second-order valence-electron chi connectivity index (χ2n) is 5.74. The Morgan fingerprint density at radius 2 is 1.67 bits per heavy atom. The van der Waals surface area contributed by atoms with Crippen LogP contribution in [0.5, 0.6) is 0 Å². The fourth-order valence-electron chi connectivity index (χ4n) is 2.09. The molecule has 0 saturated heterocycles. The lowest BCUT2D eigenvalue weighted by molar-refractivity contribution is 0.686. The van der Waals surface area contributed by atoms with Gasteiger partial charge in [0.2, 0.25) is 0 Å². The van der Waals surface area contributed by atoms with E-state index in [4.69, 9.17) is 0 Å². The number of hydrogen-bond acceptors (Lipinski definition) is 4. The molecule has 2 N–H and O–H groups in total. The molecule has 0 radical (unpaired) electrons. The van der Waals surface area contributed by atoms with Crippen molar-refractivity contribution in [3.63, 3.8) is 0 Å². The number of rotatable bonds is 6. The van der Waals surface area contributed by atoms with Gasteiger partial charge in [-0.05, 0) is 25.3 Å². The quantitative estimate of drug-likeness (QED) is 0.841. The number of nitrogens with zero attached hydrogens (tertiary/aromatic N) is 2. The fourth-order valence-corrected chi connectivity index (χ4v) is 2.09. The molecule has 1 atom stereocenters. The van der Waals surface area contributed by atoms with Crippen LogP contribution in [0.3, 0.4) is 0 Å². The minimum absolute atomic E-state index is 0.207. The number of nitrogens with one attached hydrogen (secondary N) is 2. The molecule has 112 valence electrons. The zero-order chi connectivity index (χ0) is 15.2. The van der Waals surface area contributed by atoms with Gasteiger partial charge >= 0.3 is 0 Å². The number of aryl methyl sites for hydroxylation is 1. The highest BCUT2D eigenvalue weighted by Gasteiger charge is 2.08. The Morgan fingerprint density at radius 1 is 1.00 bits per heavy atom. The lowest BCUT2D eigenvalue weighted by atomic mass is 10.1. The summed E-state index contributed by atoms with van der Waals surface area (Å²) in [5.41, 5.74) is 1.24. The predicted octanol–water partition coefficient (Wildman–Crippen LogP) is 4.03. The monoisotopic (exact) mass is 284 g/mol. The van der Waals surface area contributed by atoms with Crippen molar-refractivity contribution in [1.82, 2.24) is 9.97 Å². The van der Waals surface area contributed by atoms with Crippen molar-refractivity contribution in [2.75, 3.05) is 17.2 Å². The minimum atomic E-state index is 0.207. The average Bonchev–Trinajstić information content (AvgIpc) is 2.45. The van der Waals surface area contributed by atoms with Gasteiger partial charge < -0.3 is 10.6 Å². The number of anilines is 2. The summed E-state index contributed by atoms with van der Waals surface area (Å²) >= 11 is 0. The third kappa shape index (κ3) is 4.74. The van der Waals surface area contributed by atoms with Crippen LogP contribution in [-0.4, -0.2) is 16.5 Å². The van der Waals surface area contributed by atoms with Crippen LogP contribution in [0.1, 0.15) is 38.2 Å². The van der Waals surface area contributed by atoms with Crippen LogP contribution in [0.25, 0.3) is 0 Å². The summed E-state index contributed by atoms with van der Waals surface area (Å²) in [6, 6.07) is 12.5. The Labute approximate surface area is 127 Å². The van der Waals surface area contributed by atoms with Gasteiger partial charge in [0.25, 0.3) is 0 Å². The molecule has 1 aromatic heterocycles. The van der Waals surface area contributed by atoms with Gasteiger partial charge in [0.15, 0.2) is 0 Å². The van der Waals surface area contributed by atoms with Crippen LogP contribution >= 0.6 is 0 Å². The largest absolute Gasteiger partial charge is 0.370 e. The number of benzene rings is 1. The Bertz CT molecular complexity index is 566. The van der Waals surface area contributed by atoms with E-state index in [0.29, 0.717) is 5.92 Å². The summed E-state index contributed by atoms with van der Waals surface area (Å²) in [4.78, 5) is 8.89. The van der Waals surface area contributed by atoms with Gasteiger partial charge in [-0.15, -0.1) is 0 Å². The predicted molar refractivity (Wildman–Crippen MR) is 88.6 cm³/mol. The fraction of sp³-hybridized carbons (Fsp3) is 0.412. The zero-order valence-electron chi connectivity index (χ0n) is 13.2. The van der Waals surface area contributed by atoms with E-state index >= 15 is 0 Å². The molecule has 0 fully saturated rings. The second-order valence-corrected chi connectivity index (χ2v) is 5.74. The molecule has 0 aliphatic rings. The van der Waals surface area contributed by atoms with Crippen molar-refractivity contribution in [1.29, 1.82) is 0 Å².